The van der Waals surface area contributed by atoms with Crippen LogP contribution in [0.4, 0.5) is 34.1 Å². The van der Waals surface area contributed by atoms with Gasteiger partial charge in [-0.25, -0.2) is 0 Å². The van der Waals surface area contributed by atoms with Gasteiger partial charge in [0.25, 0.3) is 0 Å². The average Bonchev–Trinajstić information content (AvgIpc) is 3.23. The second-order valence-electron chi connectivity index (χ2n) is 12.6. The van der Waals surface area contributed by atoms with Gasteiger partial charge in [-0.3, -0.25) is 0 Å². The summed E-state index contributed by atoms with van der Waals surface area (Å²) in [5, 5.41) is 0. The van der Waals surface area contributed by atoms with Crippen molar-refractivity contribution in [3.05, 3.63) is 253 Å². The van der Waals surface area contributed by atoms with Crippen LogP contribution in [-0.4, -0.2) is 0 Å². The zero-order valence-electron chi connectivity index (χ0n) is 28.8. The molecule has 2 heteroatoms. The number of rotatable bonds is 10. The maximum Gasteiger partial charge on any atom is 0.0462 e. The quantitative estimate of drug-likeness (QED) is 0.134. The molecule has 0 heterocycles. The fourth-order valence-electron chi connectivity index (χ4n) is 6.88. The third-order valence-electron chi connectivity index (χ3n) is 9.26. The number of hydrogen-bond acceptors (Lipinski definition) is 2. The highest BCUT2D eigenvalue weighted by Gasteiger charge is 2.19. The summed E-state index contributed by atoms with van der Waals surface area (Å²) < 4.78 is 0. The standard InChI is InChI=1S/C50H38N2/c1-7-19-39(20-8-1)49(41-31-35-47(36-32-41)51(43-23-11-3-12-24-43)44-25-13-4-14-26-44)50(40-21-9-2-10-22-40)42-33-37-48(38-34-42)52(45-27-15-5-16-28-45)46-29-17-6-18-30-46/h1-38H. The monoisotopic (exact) mass is 666 g/mol. The molecule has 8 aromatic carbocycles. The Morgan fingerprint density at radius 1 is 0.192 bits per heavy atom. The molecule has 2 nitrogen and oxygen atoms in total. The molecule has 8 rings (SSSR count). The molecule has 0 amide bonds. The van der Waals surface area contributed by atoms with Gasteiger partial charge in [0.2, 0.25) is 0 Å². The van der Waals surface area contributed by atoms with E-state index in [2.05, 4.69) is 240 Å². The van der Waals surface area contributed by atoms with Crippen LogP contribution in [0.2, 0.25) is 0 Å². The van der Waals surface area contributed by atoms with E-state index in [0.29, 0.717) is 0 Å². The predicted molar refractivity (Wildman–Crippen MR) is 220 cm³/mol. The Bertz CT molecular complexity index is 2090. The fourth-order valence-corrected chi connectivity index (χ4v) is 6.88. The number of benzene rings is 8. The van der Waals surface area contributed by atoms with Crippen LogP contribution in [0.15, 0.2) is 231 Å². The third-order valence-corrected chi connectivity index (χ3v) is 9.26. The summed E-state index contributed by atoms with van der Waals surface area (Å²) in [7, 11) is 0. The van der Waals surface area contributed by atoms with E-state index in [1.54, 1.807) is 0 Å². The summed E-state index contributed by atoms with van der Waals surface area (Å²) in [5.74, 6) is 0. The Balaban J connectivity index is 1.28. The molecule has 0 atom stereocenters. The van der Waals surface area contributed by atoms with E-state index >= 15 is 0 Å². The molecule has 0 spiro atoms. The van der Waals surface area contributed by atoms with E-state index < -0.39 is 0 Å². The highest BCUT2D eigenvalue weighted by atomic mass is 15.1. The third kappa shape index (κ3) is 6.92. The van der Waals surface area contributed by atoms with E-state index in [9.17, 15) is 0 Å². The van der Waals surface area contributed by atoms with Crippen molar-refractivity contribution in [2.75, 3.05) is 9.80 Å². The molecule has 0 N–H and O–H groups in total. The van der Waals surface area contributed by atoms with Crippen LogP contribution in [-0.2, 0) is 0 Å². The first-order chi connectivity index (χ1) is 25.8. The lowest BCUT2D eigenvalue weighted by Gasteiger charge is -2.26. The Morgan fingerprint density at radius 3 is 0.635 bits per heavy atom. The Hall–Kier alpha value is -6.90. The normalized spacial score (nSPS) is 11.4. The fraction of sp³-hybridized carbons (Fsp3) is 0. The molecule has 0 saturated carbocycles. The second kappa shape index (κ2) is 15.3. The minimum absolute atomic E-state index is 1.10. The zero-order chi connectivity index (χ0) is 35.0. The summed E-state index contributed by atoms with van der Waals surface area (Å²) >= 11 is 0. The first-order valence-corrected chi connectivity index (χ1v) is 17.7. The molecule has 0 saturated heterocycles. The molecule has 0 fully saturated rings. The van der Waals surface area contributed by atoms with Crippen molar-refractivity contribution >= 4 is 45.3 Å². The van der Waals surface area contributed by atoms with Gasteiger partial charge in [-0.1, -0.05) is 158 Å². The molecule has 0 radical (unpaired) electrons. The van der Waals surface area contributed by atoms with Gasteiger partial charge in [0, 0.05) is 34.1 Å². The lowest BCUT2D eigenvalue weighted by molar-refractivity contribution is 1.28. The first-order valence-electron chi connectivity index (χ1n) is 17.7. The van der Waals surface area contributed by atoms with Crippen molar-refractivity contribution in [3.8, 4) is 0 Å². The Labute approximate surface area is 306 Å². The van der Waals surface area contributed by atoms with Crippen LogP contribution in [0.25, 0.3) is 11.1 Å². The molecule has 8 aromatic rings. The number of anilines is 6. The minimum Gasteiger partial charge on any atom is -0.311 e. The van der Waals surface area contributed by atoms with Gasteiger partial charge in [0.05, 0.1) is 0 Å². The van der Waals surface area contributed by atoms with E-state index in [1.165, 1.54) is 11.1 Å². The maximum atomic E-state index is 2.30. The van der Waals surface area contributed by atoms with Crippen molar-refractivity contribution < 1.29 is 0 Å². The van der Waals surface area contributed by atoms with E-state index in [1.807, 2.05) is 0 Å². The number of nitrogens with zero attached hydrogens (tertiary/aromatic N) is 2. The molecule has 0 unspecified atom stereocenters. The highest BCUT2D eigenvalue weighted by Crippen LogP contribution is 2.41. The van der Waals surface area contributed by atoms with Gasteiger partial charge in [-0.2, -0.15) is 0 Å². The van der Waals surface area contributed by atoms with Crippen molar-refractivity contribution in [2.45, 2.75) is 0 Å². The lowest BCUT2D eigenvalue weighted by atomic mass is 9.85. The van der Waals surface area contributed by atoms with Gasteiger partial charge in [-0.05, 0) is 106 Å². The number of hydrogen-bond donors (Lipinski definition) is 0. The Kier molecular flexibility index (Phi) is 9.53. The second-order valence-corrected chi connectivity index (χ2v) is 12.6. The average molecular weight is 667 g/mol. The van der Waals surface area contributed by atoms with Crippen molar-refractivity contribution in [1.82, 2.24) is 0 Å². The van der Waals surface area contributed by atoms with E-state index in [0.717, 1.165) is 56.4 Å². The summed E-state index contributed by atoms with van der Waals surface area (Å²) in [5.41, 5.74) is 13.6. The van der Waals surface area contributed by atoms with Crippen LogP contribution >= 0.6 is 0 Å². The molecular formula is C50H38N2. The van der Waals surface area contributed by atoms with Gasteiger partial charge in [0.15, 0.2) is 0 Å². The van der Waals surface area contributed by atoms with Gasteiger partial charge in [-0.15, -0.1) is 0 Å². The van der Waals surface area contributed by atoms with Crippen molar-refractivity contribution in [3.63, 3.8) is 0 Å². The summed E-state index contributed by atoms with van der Waals surface area (Å²) in [6.07, 6.45) is 0. The van der Waals surface area contributed by atoms with E-state index in [-0.39, 0.29) is 0 Å². The van der Waals surface area contributed by atoms with Crippen LogP contribution in [0.5, 0.6) is 0 Å². The molecule has 248 valence electrons. The molecule has 0 aliphatic heterocycles. The lowest BCUT2D eigenvalue weighted by Crippen LogP contribution is -2.10. The smallest absolute Gasteiger partial charge is 0.0462 e. The predicted octanol–water partition coefficient (Wildman–Crippen LogP) is 13.6. The minimum atomic E-state index is 1.10. The molecular weight excluding hydrogens is 629 g/mol. The summed E-state index contributed by atoms with van der Waals surface area (Å²) in [6.45, 7) is 0. The number of para-hydroxylation sites is 4. The summed E-state index contributed by atoms with van der Waals surface area (Å²) in [6, 6.07) is 81.8. The Morgan fingerprint density at radius 2 is 0.385 bits per heavy atom. The van der Waals surface area contributed by atoms with Gasteiger partial charge in [0.1, 0.15) is 0 Å². The highest BCUT2D eigenvalue weighted by molar-refractivity contribution is 6.05. The van der Waals surface area contributed by atoms with Crippen molar-refractivity contribution in [1.29, 1.82) is 0 Å². The first kappa shape index (κ1) is 32.3. The van der Waals surface area contributed by atoms with E-state index in [4.69, 9.17) is 0 Å². The van der Waals surface area contributed by atoms with Crippen LogP contribution in [0, 0.1) is 0 Å². The zero-order valence-corrected chi connectivity index (χ0v) is 28.8. The SMILES string of the molecule is c1ccc(C(=C(c2ccccc2)c2ccc(N(c3ccccc3)c3ccccc3)cc2)c2ccc(N(c3ccccc3)c3ccccc3)cc2)cc1. The maximum absolute atomic E-state index is 2.30. The molecule has 0 aliphatic carbocycles. The largest absolute Gasteiger partial charge is 0.311 e. The topological polar surface area (TPSA) is 6.48 Å². The summed E-state index contributed by atoms with van der Waals surface area (Å²) in [4.78, 5) is 4.61. The molecule has 52 heavy (non-hydrogen) atoms. The van der Waals surface area contributed by atoms with Gasteiger partial charge < -0.3 is 9.80 Å². The van der Waals surface area contributed by atoms with Crippen LogP contribution in [0.3, 0.4) is 0 Å². The van der Waals surface area contributed by atoms with Gasteiger partial charge >= 0.3 is 0 Å². The molecule has 0 aliphatic rings. The van der Waals surface area contributed by atoms with Crippen molar-refractivity contribution in [2.24, 2.45) is 0 Å². The van der Waals surface area contributed by atoms with Crippen LogP contribution < -0.4 is 9.80 Å². The van der Waals surface area contributed by atoms with Crippen LogP contribution in [0.1, 0.15) is 22.3 Å². The molecule has 0 aromatic heterocycles. The molecule has 0 bridgehead atoms.